The zero-order valence-corrected chi connectivity index (χ0v) is 14.8. The molecule has 1 aromatic carbocycles. The SMILES string of the molecule is CCCN[C@](C(=O)NO)(C(O)CC)S(=O)(=O)c1ccc(OC)cc1. The van der Waals surface area contributed by atoms with Crippen LogP contribution in [0.3, 0.4) is 0 Å². The maximum absolute atomic E-state index is 13.1. The standard InChI is InChI=1S/C15H24N2O6S/c1-4-10-16-15(13(18)5-2,14(19)17-20)24(21,22)12-8-6-11(23-3)7-9-12/h6-9,13,16,18,20H,4-5,10H2,1-3H3,(H,17,19)/t13?,15-/m1/s1. The van der Waals surface area contributed by atoms with Gasteiger partial charge in [-0.25, -0.2) is 13.9 Å². The van der Waals surface area contributed by atoms with Gasteiger partial charge in [0.2, 0.25) is 14.7 Å². The van der Waals surface area contributed by atoms with Crippen molar-refractivity contribution in [2.24, 2.45) is 0 Å². The minimum atomic E-state index is -4.37. The second kappa shape index (κ2) is 8.43. The fourth-order valence-electron chi connectivity index (χ4n) is 2.37. The van der Waals surface area contributed by atoms with Crippen molar-refractivity contribution in [3.8, 4) is 5.75 Å². The van der Waals surface area contributed by atoms with Crippen LogP contribution in [-0.2, 0) is 14.6 Å². The van der Waals surface area contributed by atoms with Crippen molar-refractivity contribution in [1.29, 1.82) is 0 Å². The molecule has 0 heterocycles. The quantitative estimate of drug-likeness (QED) is 0.372. The average Bonchev–Trinajstić information content (AvgIpc) is 2.61. The molecule has 0 fully saturated rings. The van der Waals surface area contributed by atoms with E-state index < -0.39 is 26.7 Å². The van der Waals surface area contributed by atoms with Gasteiger partial charge < -0.3 is 9.84 Å². The fraction of sp³-hybridized carbons (Fsp3) is 0.533. The first-order chi connectivity index (χ1) is 11.3. The summed E-state index contributed by atoms with van der Waals surface area (Å²) in [5.74, 6) is -0.787. The van der Waals surface area contributed by atoms with Gasteiger partial charge in [-0.1, -0.05) is 13.8 Å². The third-order valence-corrected chi connectivity index (χ3v) is 6.07. The number of nitrogens with one attached hydrogen (secondary N) is 2. The summed E-state index contributed by atoms with van der Waals surface area (Å²) in [6, 6.07) is 5.44. The lowest BCUT2D eigenvalue weighted by molar-refractivity contribution is -0.136. The number of hydrogen-bond acceptors (Lipinski definition) is 7. The number of hydroxylamine groups is 1. The van der Waals surface area contributed by atoms with Crippen molar-refractivity contribution in [3.63, 3.8) is 0 Å². The molecule has 2 atom stereocenters. The van der Waals surface area contributed by atoms with Crippen LogP contribution in [0, 0.1) is 0 Å². The Labute approximate surface area is 141 Å². The first-order valence-corrected chi connectivity index (χ1v) is 9.06. The van der Waals surface area contributed by atoms with Crippen molar-refractivity contribution in [3.05, 3.63) is 24.3 Å². The van der Waals surface area contributed by atoms with Crippen molar-refractivity contribution in [2.75, 3.05) is 13.7 Å². The Hall–Kier alpha value is -1.68. The van der Waals surface area contributed by atoms with Crippen LogP contribution < -0.4 is 15.5 Å². The molecular weight excluding hydrogens is 336 g/mol. The Morgan fingerprint density at radius 3 is 2.29 bits per heavy atom. The van der Waals surface area contributed by atoms with Crippen molar-refractivity contribution in [2.45, 2.75) is 42.6 Å². The maximum Gasteiger partial charge on any atom is 0.282 e. The Morgan fingerprint density at radius 1 is 1.29 bits per heavy atom. The van der Waals surface area contributed by atoms with Crippen LogP contribution in [0.4, 0.5) is 0 Å². The number of benzene rings is 1. The van der Waals surface area contributed by atoms with Crippen molar-refractivity contribution < 1.29 is 28.3 Å². The fourth-order valence-corrected chi connectivity index (χ4v) is 4.34. The second-order valence-corrected chi connectivity index (χ2v) is 7.33. The molecule has 24 heavy (non-hydrogen) atoms. The number of carbonyl (C=O) groups excluding carboxylic acids is 1. The van der Waals surface area contributed by atoms with Crippen LogP contribution in [0.15, 0.2) is 29.2 Å². The summed E-state index contributed by atoms with van der Waals surface area (Å²) < 4.78 is 31.2. The summed E-state index contributed by atoms with van der Waals surface area (Å²) in [6.45, 7) is 3.48. The molecule has 0 aromatic heterocycles. The molecule has 9 heteroatoms. The minimum Gasteiger partial charge on any atom is -0.497 e. The van der Waals surface area contributed by atoms with Gasteiger partial charge in [0.05, 0.1) is 18.1 Å². The van der Waals surface area contributed by atoms with E-state index in [2.05, 4.69) is 5.32 Å². The minimum absolute atomic E-state index is 0.0144. The van der Waals surface area contributed by atoms with Crippen LogP contribution in [-0.4, -0.2) is 49.3 Å². The van der Waals surface area contributed by atoms with E-state index in [0.29, 0.717) is 12.2 Å². The maximum atomic E-state index is 13.1. The topological polar surface area (TPSA) is 125 Å². The number of hydrogen-bond donors (Lipinski definition) is 4. The van der Waals surface area contributed by atoms with Gasteiger partial charge in [-0.3, -0.25) is 15.3 Å². The largest absolute Gasteiger partial charge is 0.497 e. The van der Waals surface area contributed by atoms with E-state index in [0.717, 1.165) is 0 Å². The number of ether oxygens (including phenoxy) is 1. The van der Waals surface area contributed by atoms with Gasteiger partial charge in [0, 0.05) is 0 Å². The van der Waals surface area contributed by atoms with E-state index in [1.807, 2.05) is 0 Å². The molecule has 0 saturated carbocycles. The molecule has 0 radical (unpaired) electrons. The molecule has 1 unspecified atom stereocenters. The zero-order valence-electron chi connectivity index (χ0n) is 13.9. The highest BCUT2D eigenvalue weighted by Crippen LogP contribution is 2.30. The molecule has 0 aliphatic heterocycles. The Bertz CT molecular complexity index is 646. The highest BCUT2D eigenvalue weighted by atomic mass is 32.2. The van der Waals surface area contributed by atoms with Gasteiger partial charge >= 0.3 is 0 Å². The summed E-state index contributed by atoms with van der Waals surface area (Å²) in [6.07, 6.45) is -1.06. The van der Waals surface area contributed by atoms with Crippen molar-refractivity contribution in [1.82, 2.24) is 10.8 Å². The molecule has 1 aromatic rings. The van der Waals surface area contributed by atoms with Gasteiger partial charge in [-0.05, 0) is 43.7 Å². The van der Waals surface area contributed by atoms with Crippen LogP contribution in [0.5, 0.6) is 5.75 Å². The summed E-state index contributed by atoms with van der Waals surface area (Å²) in [4.78, 5) is 9.72. The lowest BCUT2D eigenvalue weighted by atomic mass is 10.1. The van der Waals surface area contributed by atoms with Crippen LogP contribution >= 0.6 is 0 Å². The van der Waals surface area contributed by atoms with Gasteiger partial charge in [0.25, 0.3) is 5.91 Å². The normalized spacial score (nSPS) is 15.4. The molecule has 1 rings (SSSR count). The summed E-state index contributed by atoms with van der Waals surface area (Å²) in [5.41, 5.74) is 1.36. The molecule has 0 aliphatic carbocycles. The summed E-state index contributed by atoms with van der Waals surface area (Å²) >= 11 is 0. The van der Waals surface area contributed by atoms with E-state index in [9.17, 15) is 18.3 Å². The molecule has 0 spiro atoms. The first-order valence-electron chi connectivity index (χ1n) is 7.58. The van der Waals surface area contributed by atoms with Gasteiger partial charge in [0.15, 0.2) is 0 Å². The molecule has 0 aliphatic rings. The van der Waals surface area contributed by atoms with Crippen molar-refractivity contribution >= 4 is 15.7 Å². The number of amides is 1. The molecule has 136 valence electrons. The summed E-state index contributed by atoms with van der Waals surface area (Å²) in [7, 11) is -2.93. The van der Waals surface area contributed by atoms with Crippen LogP contribution in [0.25, 0.3) is 0 Å². The highest BCUT2D eigenvalue weighted by molar-refractivity contribution is 7.93. The van der Waals surface area contributed by atoms with E-state index in [4.69, 9.17) is 9.94 Å². The Morgan fingerprint density at radius 2 is 1.88 bits per heavy atom. The van der Waals surface area contributed by atoms with E-state index in [1.165, 1.54) is 36.9 Å². The van der Waals surface area contributed by atoms with Gasteiger partial charge in [-0.15, -0.1) is 0 Å². The predicted octanol–water partition coefficient (Wildman–Crippen LogP) is 0.441. The van der Waals surface area contributed by atoms with Gasteiger partial charge in [-0.2, -0.15) is 0 Å². The molecule has 0 bridgehead atoms. The third kappa shape index (κ3) is 3.54. The number of sulfone groups is 1. The number of carbonyl (C=O) groups is 1. The highest BCUT2D eigenvalue weighted by Gasteiger charge is 2.56. The number of methoxy groups -OCH3 is 1. The lowest BCUT2D eigenvalue weighted by Crippen LogP contribution is -2.68. The molecule has 0 saturated heterocycles. The number of rotatable bonds is 9. The average molecular weight is 360 g/mol. The van der Waals surface area contributed by atoms with E-state index in [1.54, 1.807) is 13.8 Å². The van der Waals surface area contributed by atoms with Gasteiger partial charge in [0.1, 0.15) is 5.75 Å². The molecular formula is C15H24N2O6S. The zero-order chi connectivity index (χ0) is 18.4. The Balaban J connectivity index is 3.55. The van der Waals surface area contributed by atoms with Crippen LogP contribution in [0.1, 0.15) is 26.7 Å². The smallest absolute Gasteiger partial charge is 0.282 e. The van der Waals surface area contributed by atoms with Crippen LogP contribution in [0.2, 0.25) is 0 Å². The Kier molecular flexibility index (Phi) is 7.15. The first kappa shape index (κ1) is 20.4. The monoisotopic (exact) mass is 360 g/mol. The second-order valence-electron chi connectivity index (χ2n) is 5.21. The number of aliphatic hydroxyl groups excluding tert-OH is 1. The van der Waals surface area contributed by atoms with E-state index in [-0.39, 0.29) is 17.9 Å². The number of aliphatic hydroxyl groups is 1. The molecule has 8 nitrogen and oxygen atoms in total. The van der Waals surface area contributed by atoms with E-state index >= 15 is 0 Å². The lowest BCUT2D eigenvalue weighted by Gasteiger charge is -2.35. The summed E-state index contributed by atoms with van der Waals surface area (Å²) in [5, 5.41) is 22.0. The third-order valence-electron chi connectivity index (χ3n) is 3.73. The predicted molar refractivity (Wildman–Crippen MR) is 87.4 cm³/mol. The molecule has 4 N–H and O–H groups in total. The molecule has 1 amide bonds.